The molecule has 2 radical (unpaired) electrons. The van der Waals surface area contributed by atoms with E-state index in [-0.39, 0.29) is 59.4 Å². The minimum atomic E-state index is -4.44. The first-order valence-corrected chi connectivity index (χ1v) is 28.5. The van der Waals surface area contributed by atoms with Crippen molar-refractivity contribution >= 4 is 52.9 Å². The Morgan fingerprint density at radius 2 is 0.585 bits per heavy atom. The van der Waals surface area contributed by atoms with E-state index in [1.807, 2.05) is 24.3 Å². The molecule has 2 rings (SSSR count). The van der Waals surface area contributed by atoms with Crippen molar-refractivity contribution < 1.29 is 38.2 Å². The van der Waals surface area contributed by atoms with E-state index >= 15 is 0 Å². The predicted molar refractivity (Wildman–Crippen MR) is 279 cm³/mol. The third-order valence-electron chi connectivity index (χ3n) is 12.1. The van der Waals surface area contributed by atoms with Crippen LogP contribution in [0.2, 0.25) is 0 Å². The zero-order valence-corrected chi connectivity index (χ0v) is 48.2. The van der Waals surface area contributed by atoms with E-state index in [0.717, 1.165) is 60.8 Å². The van der Waals surface area contributed by atoms with Gasteiger partial charge >= 0.3 is 15.2 Å². The van der Waals surface area contributed by atoms with Crippen molar-refractivity contribution in [1.29, 1.82) is 0 Å². The summed E-state index contributed by atoms with van der Waals surface area (Å²) >= 11 is 0. The van der Waals surface area contributed by atoms with Gasteiger partial charge in [0.1, 0.15) is 0 Å². The molecule has 0 aliphatic rings. The Labute approximate surface area is 429 Å². The molecule has 374 valence electrons. The molecule has 0 spiro atoms. The first kappa shape index (κ1) is 64.9. The molecule has 0 aliphatic heterocycles. The number of unbranched alkanes of at least 4 members (excludes halogenated alkanes) is 18. The van der Waals surface area contributed by atoms with Gasteiger partial charge in [0.15, 0.2) is 11.7 Å². The SMILES string of the molecule is CCCCCCCCCCCCOC(c1cc(C(C)(C)C)cc(C(C)(C)C)c1)P(=O)(O)O.CCCCCCCCCCCCOC(c1cc(C(C)(C)C)cc(C(C)(C)C)c1)P(=O)(O)O.[Ca]. The van der Waals surface area contributed by atoms with E-state index < -0.39 is 26.9 Å². The van der Waals surface area contributed by atoms with Crippen LogP contribution in [0.4, 0.5) is 0 Å². The minimum Gasteiger partial charge on any atom is -0.361 e. The van der Waals surface area contributed by atoms with Gasteiger partial charge in [-0.25, -0.2) is 0 Å². The molecule has 2 unspecified atom stereocenters. The summed E-state index contributed by atoms with van der Waals surface area (Å²) in [6.07, 6.45) is 24.3. The first-order valence-electron chi connectivity index (χ1n) is 25.2. The summed E-state index contributed by atoms with van der Waals surface area (Å²) < 4.78 is 36.3. The molecule has 8 nitrogen and oxygen atoms in total. The van der Waals surface area contributed by atoms with E-state index in [1.54, 1.807) is 0 Å². The van der Waals surface area contributed by atoms with Crippen molar-refractivity contribution in [3.8, 4) is 0 Å². The van der Waals surface area contributed by atoms with Gasteiger partial charge in [0, 0.05) is 51.0 Å². The molecule has 11 heteroatoms. The molecule has 0 bridgehead atoms. The zero-order valence-electron chi connectivity index (χ0n) is 44.2. The van der Waals surface area contributed by atoms with Crippen LogP contribution in [0.5, 0.6) is 0 Å². The maximum absolute atomic E-state index is 12.3. The summed E-state index contributed by atoms with van der Waals surface area (Å²) in [5, 5.41) is 0. The van der Waals surface area contributed by atoms with Crippen molar-refractivity contribution in [2.24, 2.45) is 0 Å². The number of ether oxygens (including phenoxy) is 2. The second kappa shape index (κ2) is 31.3. The quantitative estimate of drug-likeness (QED) is 0.0376. The Morgan fingerprint density at radius 3 is 0.769 bits per heavy atom. The van der Waals surface area contributed by atoms with Gasteiger partial charge in [-0.15, -0.1) is 0 Å². The molecule has 0 heterocycles. The fourth-order valence-corrected chi connectivity index (χ4v) is 9.34. The number of benzene rings is 2. The van der Waals surface area contributed by atoms with Gasteiger partial charge in [-0.2, -0.15) is 0 Å². The first-order chi connectivity index (χ1) is 29.5. The van der Waals surface area contributed by atoms with E-state index in [0.29, 0.717) is 24.3 Å². The van der Waals surface area contributed by atoms with E-state index in [2.05, 4.69) is 109 Å². The summed E-state index contributed by atoms with van der Waals surface area (Å²) in [4.78, 5) is 40.3. The fraction of sp³-hybridized carbons (Fsp3) is 0.778. The molecule has 65 heavy (non-hydrogen) atoms. The largest absolute Gasteiger partial charge is 0.361 e. The molecule has 0 amide bonds. The monoisotopic (exact) mass is 977 g/mol. The van der Waals surface area contributed by atoms with Gasteiger partial charge in [-0.05, 0) is 67.9 Å². The van der Waals surface area contributed by atoms with Crippen LogP contribution in [0.1, 0.15) is 270 Å². The van der Waals surface area contributed by atoms with Crippen LogP contribution in [-0.2, 0) is 40.3 Å². The van der Waals surface area contributed by atoms with Crippen molar-refractivity contribution in [3.63, 3.8) is 0 Å². The minimum absolute atomic E-state index is 0. The van der Waals surface area contributed by atoms with Crippen LogP contribution >= 0.6 is 15.2 Å². The third-order valence-corrected chi connectivity index (χ3v) is 14.2. The van der Waals surface area contributed by atoms with Gasteiger partial charge in [0.2, 0.25) is 0 Å². The third kappa shape index (κ3) is 27.8. The average Bonchev–Trinajstić information content (AvgIpc) is 3.16. The number of hydrogen-bond donors (Lipinski definition) is 4. The Morgan fingerprint density at radius 1 is 0.385 bits per heavy atom. The van der Waals surface area contributed by atoms with Gasteiger partial charge in [0.25, 0.3) is 0 Å². The van der Waals surface area contributed by atoms with E-state index in [4.69, 9.17) is 9.47 Å². The number of rotatable bonds is 28. The molecule has 0 fully saturated rings. The molecule has 0 saturated carbocycles. The van der Waals surface area contributed by atoms with Crippen molar-refractivity contribution in [3.05, 3.63) is 69.8 Å². The van der Waals surface area contributed by atoms with Crippen molar-refractivity contribution in [2.75, 3.05) is 13.2 Å². The van der Waals surface area contributed by atoms with Crippen LogP contribution in [-0.4, -0.2) is 70.5 Å². The topological polar surface area (TPSA) is 134 Å². The zero-order chi connectivity index (χ0) is 48.8. The van der Waals surface area contributed by atoms with Crippen LogP contribution < -0.4 is 0 Å². The van der Waals surface area contributed by atoms with Gasteiger partial charge in [-0.3, -0.25) is 9.13 Å². The molecule has 0 saturated heterocycles. The normalized spacial score (nSPS) is 13.8. The summed E-state index contributed by atoms with van der Waals surface area (Å²) in [5.41, 5.74) is 4.98. The summed E-state index contributed by atoms with van der Waals surface area (Å²) in [6.45, 7) is 30.7. The molecule has 0 aromatic heterocycles. The average molecular weight is 977 g/mol. The molecule has 2 aromatic carbocycles. The standard InChI is InChI=1S/2C27H49O4P.Ca/c2*1-8-9-10-11-12-13-14-15-16-17-18-31-25(32(28,29)30)22-19-23(26(2,3)4)21-24(20-22)27(5,6)7;/h2*19-21,25H,8-18H2,1-7H3,(H2,28,29,30);. The summed E-state index contributed by atoms with van der Waals surface area (Å²) in [6, 6.07) is 12.0. The van der Waals surface area contributed by atoms with Crippen molar-refractivity contribution in [1.82, 2.24) is 0 Å². The fourth-order valence-electron chi connectivity index (χ4n) is 7.66. The van der Waals surface area contributed by atoms with Gasteiger partial charge in [0.05, 0.1) is 0 Å². The summed E-state index contributed by atoms with van der Waals surface area (Å²) in [7, 11) is -8.89. The molecule has 4 N–H and O–H groups in total. The second-order valence-corrected chi connectivity index (χ2v) is 26.0. The Balaban J connectivity index is 0.00000124. The van der Waals surface area contributed by atoms with Crippen LogP contribution in [0, 0.1) is 0 Å². The Hall–Kier alpha value is -0.0803. The summed E-state index contributed by atoms with van der Waals surface area (Å²) in [5.74, 6) is -2.41. The van der Waals surface area contributed by atoms with Crippen molar-refractivity contribution in [2.45, 2.75) is 259 Å². The van der Waals surface area contributed by atoms with Gasteiger partial charge in [-0.1, -0.05) is 249 Å². The van der Waals surface area contributed by atoms with Crippen LogP contribution in [0.25, 0.3) is 0 Å². The van der Waals surface area contributed by atoms with E-state index in [1.165, 1.54) is 89.9 Å². The predicted octanol–water partition coefficient (Wildman–Crippen LogP) is 16.4. The maximum Gasteiger partial charge on any atom is 0.358 e. The van der Waals surface area contributed by atoms with Crippen LogP contribution in [0.3, 0.4) is 0 Å². The molecular formula is C54H98CaO8P2. The van der Waals surface area contributed by atoms with Gasteiger partial charge < -0.3 is 29.0 Å². The molecule has 2 atom stereocenters. The molecule has 2 aromatic rings. The second-order valence-electron chi connectivity index (χ2n) is 22.7. The number of hydrogen-bond acceptors (Lipinski definition) is 4. The smallest absolute Gasteiger partial charge is 0.358 e. The van der Waals surface area contributed by atoms with E-state index in [9.17, 15) is 28.7 Å². The Kier molecular flexibility index (Phi) is 31.3. The Bertz CT molecular complexity index is 1490. The van der Waals surface area contributed by atoms with Crippen LogP contribution in [0.15, 0.2) is 36.4 Å². The maximum atomic E-state index is 12.3. The molecular weight excluding hydrogens is 879 g/mol. The molecule has 0 aliphatic carbocycles.